The molecule has 0 spiro atoms. The predicted octanol–water partition coefficient (Wildman–Crippen LogP) is 10.1. The van der Waals surface area contributed by atoms with Crippen molar-refractivity contribution in [3.8, 4) is 67.5 Å². The van der Waals surface area contributed by atoms with Gasteiger partial charge in [0.1, 0.15) is 19.6 Å². The quantitative estimate of drug-likeness (QED) is 0.0995. The molecule has 0 bridgehead atoms. The number of benzene rings is 3. The number of unbranched alkanes of at least 4 members (excludes halogenated alkanes) is 3. The second-order valence-electron chi connectivity index (χ2n) is 14.1. The fraction of sp³-hybridized carbons (Fsp3) is 0.250. The molecular formula is C48H51N6+3. The van der Waals surface area contributed by atoms with Crippen LogP contribution in [0, 0.1) is 0 Å². The zero-order valence-electron chi connectivity index (χ0n) is 31.9. The van der Waals surface area contributed by atoms with Crippen molar-refractivity contribution in [2.24, 2.45) is 0 Å². The molecule has 0 fully saturated rings. The van der Waals surface area contributed by atoms with E-state index in [9.17, 15) is 0 Å². The lowest BCUT2D eigenvalue weighted by atomic mass is 10.0. The van der Waals surface area contributed by atoms with E-state index in [1.54, 1.807) is 0 Å². The molecule has 0 saturated carbocycles. The topological polar surface area (TPSA) is 50.3 Å². The molecule has 0 amide bonds. The third-order valence-electron chi connectivity index (χ3n) is 10.0. The lowest BCUT2D eigenvalue weighted by Gasteiger charge is -2.10. The minimum Gasteiger partial charge on any atom is -0.208 e. The minimum absolute atomic E-state index is 0.652. The lowest BCUT2D eigenvalue weighted by Crippen LogP contribution is -2.32. The van der Waals surface area contributed by atoms with E-state index in [4.69, 9.17) is 15.0 Å². The van der Waals surface area contributed by atoms with Gasteiger partial charge in [0.25, 0.3) is 0 Å². The average Bonchev–Trinajstić information content (AvgIpc) is 3.25. The van der Waals surface area contributed by atoms with Crippen LogP contribution in [0.3, 0.4) is 0 Å². The van der Waals surface area contributed by atoms with E-state index in [0.29, 0.717) is 17.5 Å². The van der Waals surface area contributed by atoms with Crippen molar-refractivity contribution >= 4 is 0 Å². The van der Waals surface area contributed by atoms with Gasteiger partial charge in [0, 0.05) is 72.4 Å². The van der Waals surface area contributed by atoms with Crippen LogP contribution in [0.1, 0.15) is 59.3 Å². The van der Waals surface area contributed by atoms with Crippen LogP contribution in [0.4, 0.5) is 0 Å². The molecule has 7 rings (SSSR count). The first-order valence-electron chi connectivity index (χ1n) is 19.7. The number of aromatic nitrogens is 6. The van der Waals surface area contributed by atoms with Gasteiger partial charge in [-0.3, -0.25) is 0 Å². The summed E-state index contributed by atoms with van der Waals surface area (Å²) < 4.78 is 6.75. The van der Waals surface area contributed by atoms with E-state index in [-0.39, 0.29) is 0 Å². The largest absolute Gasteiger partial charge is 0.208 e. The molecule has 0 aliphatic carbocycles. The highest BCUT2D eigenvalue weighted by atomic mass is 15.0. The summed E-state index contributed by atoms with van der Waals surface area (Å²) >= 11 is 0. The van der Waals surface area contributed by atoms with Crippen molar-refractivity contribution in [3.63, 3.8) is 0 Å². The first kappa shape index (κ1) is 36.5. The average molecular weight is 712 g/mol. The van der Waals surface area contributed by atoms with Crippen LogP contribution in [0.25, 0.3) is 67.5 Å². The second kappa shape index (κ2) is 17.8. The fourth-order valence-electron chi connectivity index (χ4n) is 6.62. The molecule has 3 aromatic carbocycles. The van der Waals surface area contributed by atoms with Gasteiger partial charge in [0.15, 0.2) is 54.7 Å². The Bertz CT molecular complexity index is 1960. The van der Waals surface area contributed by atoms with Crippen LogP contribution in [0.2, 0.25) is 0 Å². The first-order chi connectivity index (χ1) is 26.6. The van der Waals surface area contributed by atoms with Gasteiger partial charge < -0.3 is 0 Å². The van der Waals surface area contributed by atoms with Gasteiger partial charge in [-0.1, -0.05) is 113 Å². The number of aryl methyl sites for hydroxylation is 3. The summed E-state index contributed by atoms with van der Waals surface area (Å²) in [6.45, 7) is 9.81. The normalized spacial score (nSPS) is 11.2. The predicted molar refractivity (Wildman–Crippen MR) is 218 cm³/mol. The summed E-state index contributed by atoms with van der Waals surface area (Å²) in [4.78, 5) is 15.1. The van der Waals surface area contributed by atoms with Crippen LogP contribution in [-0.2, 0) is 19.6 Å². The Morgan fingerprint density at radius 1 is 0.296 bits per heavy atom. The van der Waals surface area contributed by atoms with Gasteiger partial charge in [-0.15, -0.1) is 0 Å². The van der Waals surface area contributed by atoms with E-state index < -0.39 is 0 Å². The second-order valence-corrected chi connectivity index (χ2v) is 14.1. The van der Waals surface area contributed by atoms with Crippen molar-refractivity contribution in [2.75, 3.05) is 0 Å². The lowest BCUT2D eigenvalue weighted by molar-refractivity contribution is -0.697. The van der Waals surface area contributed by atoms with Crippen molar-refractivity contribution in [2.45, 2.75) is 78.9 Å². The van der Waals surface area contributed by atoms with E-state index in [0.717, 1.165) is 53.0 Å². The van der Waals surface area contributed by atoms with Crippen molar-refractivity contribution in [1.82, 2.24) is 15.0 Å². The van der Waals surface area contributed by atoms with E-state index in [1.807, 2.05) is 0 Å². The zero-order chi connectivity index (χ0) is 37.1. The van der Waals surface area contributed by atoms with Crippen molar-refractivity contribution < 1.29 is 13.7 Å². The minimum atomic E-state index is 0.652. The highest BCUT2D eigenvalue weighted by molar-refractivity contribution is 5.73. The van der Waals surface area contributed by atoms with E-state index >= 15 is 0 Å². The number of hydrogen-bond donors (Lipinski definition) is 0. The number of nitrogens with zero attached hydrogens (tertiary/aromatic N) is 6. The van der Waals surface area contributed by atoms with Crippen LogP contribution in [0.15, 0.2) is 146 Å². The molecule has 4 aromatic heterocycles. The Hall–Kier alpha value is -5.88. The maximum atomic E-state index is 5.05. The Morgan fingerprint density at radius 2 is 0.500 bits per heavy atom. The maximum Gasteiger partial charge on any atom is 0.169 e. The molecule has 6 nitrogen and oxygen atoms in total. The molecular weight excluding hydrogens is 661 g/mol. The van der Waals surface area contributed by atoms with E-state index in [1.165, 1.54) is 55.2 Å². The third-order valence-corrected chi connectivity index (χ3v) is 10.0. The van der Waals surface area contributed by atoms with Gasteiger partial charge in [-0.25, -0.2) is 28.7 Å². The Labute approximate surface area is 320 Å². The zero-order valence-corrected chi connectivity index (χ0v) is 31.9. The molecule has 0 unspecified atom stereocenters. The molecule has 0 saturated heterocycles. The summed E-state index contributed by atoms with van der Waals surface area (Å²) in [7, 11) is 0. The molecule has 0 radical (unpaired) electrons. The fourth-order valence-corrected chi connectivity index (χ4v) is 6.62. The smallest absolute Gasteiger partial charge is 0.169 e. The summed E-state index contributed by atoms with van der Waals surface area (Å²) in [5.41, 5.74) is 9.91. The van der Waals surface area contributed by atoms with E-state index in [2.05, 4.69) is 181 Å². The molecule has 54 heavy (non-hydrogen) atoms. The summed E-state index contributed by atoms with van der Waals surface area (Å²) in [6.07, 6.45) is 20.1. The molecule has 4 heterocycles. The highest BCUT2D eigenvalue weighted by Crippen LogP contribution is 2.29. The molecule has 0 atom stereocenters. The van der Waals surface area contributed by atoms with Gasteiger partial charge in [0.05, 0.1) is 0 Å². The molecule has 7 aromatic rings. The number of hydrogen-bond acceptors (Lipinski definition) is 3. The summed E-state index contributed by atoms with van der Waals surface area (Å²) in [5.74, 6) is 1.96. The SMILES string of the molecule is CCCC[n+]1ccc(-c2ccc(-c3nc(-c4ccc(-c5cc[n+](CCCC)cc5)cc4)nc(-c4ccc(-c5cc[n+](CCCC)cc5)cc4)n3)cc2)cc1. The Kier molecular flexibility index (Phi) is 12.0. The third kappa shape index (κ3) is 9.00. The maximum absolute atomic E-state index is 5.05. The molecule has 0 N–H and O–H groups in total. The van der Waals surface area contributed by atoms with Crippen LogP contribution in [0.5, 0.6) is 0 Å². The van der Waals surface area contributed by atoms with Gasteiger partial charge in [0.2, 0.25) is 0 Å². The molecule has 0 aliphatic rings. The van der Waals surface area contributed by atoms with Crippen molar-refractivity contribution in [3.05, 3.63) is 146 Å². The summed E-state index contributed by atoms with van der Waals surface area (Å²) in [6, 6.07) is 38.8. The Morgan fingerprint density at radius 3 is 0.722 bits per heavy atom. The van der Waals surface area contributed by atoms with Crippen LogP contribution >= 0.6 is 0 Å². The number of pyridine rings is 3. The molecule has 0 aliphatic heterocycles. The van der Waals surface area contributed by atoms with Gasteiger partial charge in [-0.2, -0.15) is 0 Å². The first-order valence-corrected chi connectivity index (χ1v) is 19.7. The van der Waals surface area contributed by atoms with Crippen LogP contribution in [-0.4, -0.2) is 15.0 Å². The van der Waals surface area contributed by atoms with Crippen LogP contribution < -0.4 is 13.7 Å². The molecule has 270 valence electrons. The standard InChI is InChI=1S/C48H51N6/c1-4-7-28-52-31-22-40(23-32-52)37-10-16-43(17-11-37)46-49-47(44-18-12-38(13-19-44)41-24-33-53(34-25-41)29-8-5-2)51-48(50-46)45-20-14-39(15-21-45)42-26-35-54(36-27-42)30-9-6-3/h10-27,31-36H,4-9,28-30H2,1-3H3/q+3. The monoisotopic (exact) mass is 711 g/mol. The molecule has 6 heteroatoms. The van der Waals surface area contributed by atoms with Gasteiger partial charge >= 0.3 is 0 Å². The van der Waals surface area contributed by atoms with Gasteiger partial charge in [-0.05, 0) is 33.4 Å². The van der Waals surface area contributed by atoms with Crippen molar-refractivity contribution in [1.29, 1.82) is 0 Å². The number of rotatable bonds is 15. The Balaban J connectivity index is 1.19. The summed E-state index contributed by atoms with van der Waals surface area (Å²) in [5, 5.41) is 0. The highest BCUT2D eigenvalue weighted by Gasteiger charge is 2.14.